The van der Waals surface area contributed by atoms with Crippen LogP contribution in [0, 0.1) is 6.92 Å². The topological polar surface area (TPSA) is 70.2 Å². The molecule has 4 rings (SSSR count). The van der Waals surface area contributed by atoms with E-state index in [9.17, 15) is 9.59 Å². The Labute approximate surface area is 166 Å². The highest BCUT2D eigenvalue weighted by molar-refractivity contribution is 6.00. The Morgan fingerprint density at radius 2 is 1.89 bits per heavy atom. The van der Waals surface area contributed by atoms with Gasteiger partial charge in [-0.3, -0.25) is 9.59 Å². The molecule has 28 heavy (non-hydrogen) atoms. The Balaban J connectivity index is 1.62. The molecule has 2 amide bonds. The van der Waals surface area contributed by atoms with Crippen molar-refractivity contribution < 1.29 is 9.59 Å². The maximum Gasteiger partial charge on any atom is 0.251 e. The van der Waals surface area contributed by atoms with E-state index < -0.39 is 0 Å². The van der Waals surface area contributed by atoms with Crippen molar-refractivity contribution in [1.29, 1.82) is 0 Å². The number of hydrogen-bond acceptors (Lipinski definition) is 3. The van der Waals surface area contributed by atoms with Crippen LogP contribution in [0.25, 0.3) is 5.57 Å². The Kier molecular flexibility index (Phi) is 5.44. The van der Waals surface area contributed by atoms with Crippen LogP contribution in [0.2, 0.25) is 0 Å². The maximum atomic E-state index is 12.8. The third-order valence-corrected chi connectivity index (χ3v) is 5.69. The third-order valence-electron chi connectivity index (χ3n) is 5.69. The zero-order valence-corrected chi connectivity index (χ0v) is 16.3. The number of aryl methyl sites for hydroxylation is 1. The van der Waals surface area contributed by atoms with E-state index >= 15 is 0 Å². The number of rotatable bonds is 4. The van der Waals surface area contributed by atoms with Gasteiger partial charge in [0.1, 0.15) is 0 Å². The van der Waals surface area contributed by atoms with Crippen molar-refractivity contribution in [3.05, 3.63) is 64.8 Å². The number of benzene rings is 1. The van der Waals surface area contributed by atoms with E-state index in [0.29, 0.717) is 6.42 Å². The first-order valence-corrected chi connectivity index (χ1v) is 10.1. The summed E-state index contributed by atoms with van der Waals surface area (Å²) in [6, 6.07) is 8.30. The van der Waals surface area contributed by atoms with Gasteiger partial charge in [0.05, 0.1) is 6.04 Å². The average molecular weight is 377 g/mol. The molecule has 1 aromatic rings. The Morgan fingerprint density at radius 3 is 2.54 bits per heavy atom. The molecule has 0 saturated carbocycles. The fourth-order valence-corrected chi connectivity index (χ4v) is 4.11. The molecular weight excluding hydrogens is 350 g/mol. The molecule has 3 heterocycles. The first-order chi connectivity index (χ1) is 13.6. The maximum absolute atomic E-state index is 12.8. The number of hydrogen-bond donors (Lipinski definition) is 3. The molecule has 0 aromatic heterocycles. The predicted octanol–water partition coefficient (Wildman–Crippen LogP) is 2.39. The molecule has 0 spiro atoms. The summed E-state index contributed by atoms with van der Waals surface area (Å²) in [6.45, 7) is 3.80. The molecule has 1 unspecified atom stereocenters. The molecule has 0 bridgehead atoms. The zero-order valence-electron chi connectivity index (χ0n) is 16.3. The van der Waals surface area contributed by atoms with Gasteiger partial charge in [-0.2, -0.15) is 0 Å². The van der Waals surface area contributed by atoms with Crippen molar-refractivity contribution in [2.45, 2.75) is 44.7 Å². The first kappa shape index (κ1) is 18.7. The van der Waals surface area contributed by atoms with E-state index in [0.717, 1.165) is 54.6 Å². The van der Waals surface area contributed by atoms with E-state index in [2.05, 4.69) is 65.4 Å². The Hall–Kier alpha value is -2.66. The van der Waals surface area contributed by atoms with E-state index in [-0.39, 0.29) is 23.9 Å². The standard InChI is InChI=1S/C23H27N3O2/c1-15-2-4-16(5-3-15)20(14-18-6-9-22(27)25-18)21-8-7-19(23(28)26-21)17-10-12-24-13-11-17/h2-5,7,10,14,18,21,24H,6,8-9,11-13H2,1H3,(H,25,27)(H,26,28)/b20-14+/t18-,21?/m1/s1. The molecule has 1 aromatic carbocycles. The van der Waals surface area contributed by atoms with Crippen LogP contribution in [0.1, 0.15) is 36.8 Å². The second kappa shape index (κ2) is 8.15. The summed E-state index contributed by atoms with van der Waals surface area (Å²) < 4.78 is 0. The molecular formula is C23H27N3O2. The highest BCUT2D eigenvalue weighted by Crippen LogP contribution is 2.29. The molecule has 1 fully saturated rings. The minimum atomic E-state index is -0.0845. The van der Waals surface area contributed by atoms with Crippen LogP contribution in [0.5, 0.6) is 0 Å². The summed E-state index contributed by atoms with van der Waals surface area (Å²) in [5, 5.41) is 9.52. The lowest BCUT2D eigenvalue weighted by Gasteiger charge is -2.28. The molecule has 1 saturated heterocycles. The van der Waals surface area contributed by atoms with E-state index in [4.69, 9.17) is 0 Å². The summed E-state index contributed by atoms with van der Waals surface area (Å²) in [6.07, 6.45) is 9.32. The van der Waals surface area contributed by atoms with Crippen LogP contribution in [0.4, 0.5) is 0 Å². The second-order valence-electron chi connectivity index (χ2n) is 7.76. The van der Waals surface area contributed by atoms with Gasteiger partial charge in [0.15, 0.2) is 0 Å². The van der Waals surface area contributed by atoms with Crippen molar-refractivity contribution in [3.8, 4) is 0 Å². The Morgan fingerprint density at radius 1 is 1.07 bits per heavy atom. The first-order valence-electron chi connectivity index (χ1n) is 10.1. The van der Waals surface area contributed by atoms with Crippen LogP contribution in [-0.2, 0) is 9.59 Å². The molecule has 146 valence electrons. The van der Waals surface area contributed by atoms with Crippen molar-refractivity contribution in [2.24, 2.45) is 0 Å². The van der Waals surface area contributed by atoms with Crippen LogP contribution in [-0.4, -0.2) is 37.0 Å². The monoisotopic (exact) mass is 377 g/mol. The van der Waals surface area contributed by atoms with Gasteiger partial charge >= 0.3 is 0 Å². The summed E-state index contributed by atoms with van der Waals surface area (Å²) in [5.41, 5.74) is 5.32. The summed E-state index contributed by atoms with van der Waals surface area (Å²) in [5.74, 6) is 0.0927. The Bertz CT molecular complexity index is 864. The van der Waals surface area contributed by atoms with E-state index in [1.54, 1.807) is 0 Å². The smallest absolute Gasteiger partial charge is 0.251 e. The van der Waals surface area contributed by atoms with Gasteiger partial charge in [0, 0.05) is 24.6 Å². The minimum absolute atomic E-state index is 0.00197. The van der Waals surface area contributed by atoms with Crippen LogP contribution in [0.3, 0.4) is 0 Å². The predicted molar refractivity (Wildman–Crippen MR) is 111 cm³/mol. The normalized spacial score (nSPS) is 25.7. The molecule has 5 heteroatoms. The van der Waals surface area contributed by atoms with Gasteiger partial charge in [-0.1, -0.05) is 48.1 Å². The largest absolute Gasteiger partial charge is 0.350 e. The lowest BCUT2D eigenvalue weighted by molar-refractivity contribution is -0.119. The molecule has 3 aliphatic heterocycles. The van der Waals surface area contributed by atoms with Gasteiger partial charge in [-0.15, -0.1) is 0 Å². The van der Waals surface area contributed by atoms with Crippen molar-refractivity contribution in [1.82, 2.24) is 16.0 Å². The fraction of sp³-hybridized carbons (Fsp3) is 0.391. The average Bonchev–Trinajstić information content (AvgIpc) is 3.12. The van der Waals surface area contributed by atoms with Crippen LogP contribution in [0.15, 0.2) is 53.6 Å². The van der Waals surface area contributed by atoms with Crippen molar-refractivity contribution >= 4 is 17.4 Å². The van der Waals surface area contributed by atoms with Crippen LogP contribution < -0.4 is 16.0 Å². The summed E-state index contributed by atoms with van der Waals surface area (Å²) in [7, 11) is 0. The molecule has 3 N–H and O–H groups in total. The molecule has 0 radical (unpaired) electrons. The fourth-order valence-electron chi connectivity index (χ4n) is 4.11. The van der Waals surface area contributed by atoms with Gasteiger partial charge in [0.2, 0.25) is 5.91 Å². The number of carbonyl (C=O) groups excluding carboxylic acids is 2. The minimum Gasteiger partial charge on any atom is -0.350 e. The van der Waals surface area contributed by atoms with Crippen molar-refractivity contribution in [2.75, 3.05) is 13.1 Å². The van der Waals surface area contributed by atoms with Gasteiger partial charge < -0.3 is 16.0 Å². The van der Waals surface area contributed by atoms with E-state index in [1.165, 1.54) is 5.56 Å². The summed E-state index contributed by atoms with van der Waals surface area (Å²) in [4.78, 5) is 24.5. The number of carbonyl (C=O) groups is 2. The highest BCUT2D eigenvalue weighted by atomic mass is 16.2. The number of amides is 2. The number of nitrogens with one attached hydrogen (secondary N) is 3. The highest BCUT2D eigenvalue weighted by Gasteiger charge is 2.28. The van der Waals surface area contributed by atoms with Crippen LogP contribution >= 0.6 is 0 Å². The van der Waals surface area contributed by atoms with Gasteiger partial charge in [-0.25, -0.2) is 0 Å². The zero-order chi connectivity index (χ0) is 19.5. The third kappa shape index (κ3) is 4.09. The second-order valence-corrected chi connectivity index (χ2v) is 7.76. The quantitative estimate of drug-likeness (QED) is 0.755. The SMILES string of the molecule is Cc1ccc(/C(=C\[C@H]2CCC(=O)N2)C2CC=C(C3=CCNCC3)C(=O)N2)cc1. The van der Waals surface area contributed by atoms with Gasteiger partial charge in [-0.05, 0) is 49.4 Å². The van der Waals surface area contributed by atoms with E-state index in [1.807, 2.05) is 0 Å². The molecule has 0 aliphatic carbocycles. The lowest BCUT2D eigenvalue weighted by Crippen LogP contribution is -2.41. The summed E-state index contributed by atoms with van der Waals surface area (Å²) >= 11 is 0. The lowest BCUT2D eigenvalue weighted by atomic mass is 9.88. The molecule has 5 nitrogen and oxygen atoms in total. The molecule has 3 aliphatic rings. The molecule has 2 atom stereocenters. The van der Waals surface area contributed by atoms with Gasteiger partial charge in [0.25, 0.3) is 5.91 Å². The van der Waals surface area contributed by atoms with Crippen molar-refractivity contribution in [3.63, 3.8) is 0 Å².